The number of carbonyl (C=O) groups excluding carboxylic acids is 1. The van der Waals surface area contributed by atoms with Gasteiger partial charge < -0.3 is 14.8 Å². The number of hydrogen-bond acceptors (Lipinski definition) is 5. The molecular weight excluding hydrogens is 464 g/mol. The molecule has 1 unspecified atom stereocenters. The zero-order valence-electron chi connectivity index (χ0n) is 21.0. The van der Waals surface area contributed by atoms with Gasteiger partial charge in [0.25, 0.3) is 5.56 Å². The van der Waals surface area contributed by atoms with Crippen LogP contribution in [0, 0.1) is 0 Å². The quantitative estimate of drug-likeness (QED) is 0.339. The van der Waals surface area contributed by atoms with Crippen LogP contribution in [0.1, 0.15) is 30.9 Å². The number of nitrogens with one attached hydrogen (secondary N) is 1. The predicted octanol–water partition coefficient (Wildman–Crippen LogP) is 5.91. The molecule has 0 fully saturated rings. The smallest absolute Gasteiger partial charge is 0.336 e. The second kappa shape index (κ2) is 10.2. The number of rotatable bonds is 6. The van der Waals surface area contributed by atoms with Crippen molar-refractivity contribution in [1.82, 2.24) is 4.57 Å². The van der Waals surface area contributed by atoms with E-state index in [1.165, 1.54) is 0 Å². The molecule has 0 saturated heterocycles. The van der Waals surface area contributed by atoms with E-state index in [0.717, 1.165) is 11.1 Å². The van der Waals surface area contributed by atoms with E-state index in [1.807, 2.05) is 97.9 Å². The molecule has 6 heteroatoms. The number of hydrogen-bond donors (Lipinski definition) is 1. The van der Waals surface area contributed by atoms with Crippen molar-refractivity contribution >= 4 is 11.7 Å². The van der Waals surface area contributed by atoms with Gasteiger partial charge in [0.2, 0.25) is 0 Å². The van der Waals surface area contributed by atoms with E-state index in [1.54, 1.807) is 18.6 Å². The highest BCUT2D eigenvalue weighted by molar-refractivity contribution is 5.95. The molecule has 0 radical (unpaired) electrons. The van der Waals surface area contributed by atoms with E-state index < -0.39 is 11.9 Å². The number of carbonyl (C=O) groups is 1. The van der Waals surface area contributed by atoms with Crippen molar-refractivity contribution in [3.8, 4) is 22.7 Å². The molecule has 3 aromatic carbocycles. The Balaban J connectivity index is 1.87. The van der Waals surface area contributed by atoms with Crippen LogP contribution >= 0.6 is 0 Å². The fourth-order valence-corrected chi connectivity index (χ4v) is 4.97. The molecule has 0 spiro atoms. The number of aromatic nitrogens is 1. The fourth-order valence-electron chi connectivity index (χ4n) is 4.97. The third-order valence-electron chi connectivity index (χ3n) is 6.57. The number of anilines is 1. The van der Waals surface area contributed by atoms with Gasteiger partial charge in [-0.15, -0.1) is 0 Å². The number of para-hydroxylation sites is 2. The van der Waals surface area contributed by atoms with Crippen molar-refractivity contribution in [2.75, 3.05) is 19.0 Å². The van der Waals surface area contributed by atoms with Gasteiger partial charge in [-0.2, -0.15) is 0 Å². The van der Waals surface area contributed by atoms with Gasteiger partial charge in [-0.25, -0.2) is 4.79 Å². The van der Waals surface area contributed by atoms with Gasteiger partial charge in [-0.05, 0) is 43.2 Å². The minimum atomic E-state index is -0.602. The summed E-state index contributed by atoms with van der Waals surface area (Å²) in [5.41, 5.74) is 5.03. The molecule has 0 bridgehead atoms. The molecule has 37 heavy (non-hydrogen) atoms. The number of benzene rings is 3. The predicted molar refractivity (Wildman–Crippen MR) is 145 cm³/mol. The lowest BCUT2D eigenvalue weighted by Gasteiger charge is -2.31. The van der Waals surface area contributed by atoms with Crippen molar-refractivity contribution < 1.29 is 14.3 Å². The Hall–Kier alpha value is -4.58. The molecule has 1 aliphatic heterocycles. The molecule has 1 aliphatic rings. The fraction of sp³-hybridized carbons (Fsp3) is 0.161. The summed E-state index contributed by atoms with van der Waals surface area (Å²) in [5, 5.41) is 3.34. The Labute approximate surface area is 215 Å². The highest BCUT2D eigenvalue weighted by atomic mass is 16.5. The Morgan fingerprint density at radius 3 is 2.27 bits per heavy atom. The van der Waals surface area contributed by atoms with E-state index in [9.17, 15) is 9.59 Å². The Bertz CT molecular complexity index is 1540. The second-order valence-corrected chi connectivity index (χ2v) is 8.76. The first kappa shape index (κ1) is 24.1. The number of nitrogens with zero attached hydrogens (tertiary/aromatic N) is 1. The third kappa shape index (κ3) is 4.31. The first-order chi connectivity index (χ1) is 18.0. The number of ether oxygens (including phenoxy) is 2. The SMILES string of the molecule is CCOC(=O)C1=C(C)Nc2cc(-c3ccccc3)n(-c3ccccc3OC)c(=O)c2C1c1ccccc1. The van der Waals surface area contributed by atoms with Crippen molar-refractivity contribution in [3.05, 3.63) is 124 Å². The van der Waals surface area contributed by atoms with Gasteiger partial charge in [-0.3, -0.25) is 9.36 Å². The molecule has 5 rings (SSSR count). The van der Waals surface area contributed by atoms with Crippen LogP contribution in [0.5, 0.6) is 5.75 Å². The molecule has 186 valence electrons. The summed E-state index contributed by atoms with van der Waals surface area (Å²) in [5.74, 6) is -0.476. The molecule has 1 aromatic heterocycles. The largest absolute Gasteiger partial charge is 0.495 e. The van der Waals surface area contributed by atoms with Crippen LogP contribution in [-0.2, 0) is 9.53 Å². The van der Waals surface area contributed by atoms with Crippen LogP contribution in [0.4, 0.5) is 5.69 Å². The summed E-state index contributed by atoms with van der Waals surface area (Å²) in [7, 11) is 1.59. The topological polar surface area (TPSA) is 69.6 Å². The summed E-state index contributed by atoms with van der Waals surface area (Å²) in [6, 6.07) is 28.8. The summed E-state index contributed by atoms with van der Waals surface area (Å²) in [6.07, 6.45) is 0. The zero-order valence-corrected chi connectivity index (χ0v) is 21.0. The van der Waals surface area contributed by atoms with Crippen molar-refractivity contribution in [3.63, 3.8) is 0 Å². The lowest BCUT2D eigenvalue weighted by atomic mass is 9.81. The average molecular weight is 493 g/mol. The standard InChI is InChI=1S/C31H28N2O4/c1-4-37-31(35)27-20(2)32-23-19-25(21-13-7-5-8-14-21)33(24-17-11-12-18-26(24)36-3)30(34)29(23)28(27)22-15-9-6-10-16-22/h5-19,28,32H,4H2,1-3H3. The van der Waals surface area contributed by atoms with Gasteiger partial charge in [-0.1, -0.05) is 72.8 Å². The zero-order chi connectivity index (χ0) is 25.9. The molecule has 0 amide bonds. The Morgan fingerprint density at radius 2 is 1.59 bits per heavy atom. The van der Waals surface area contributed by atoms with E-state index in [-0.39, 0.29) is 12.2 Å². The Kier molecular flexibility index (Phi) is 6.64. The van der Waals surface area contributed by atoms with Crippen LogP contribution in [0.2, 0.25) is 0 Å². The maximum atomic E-state index is 14.6. The molecule has 2 heterocycles. The summed E-state index contributed by atoms with van der Waals surface area (Å²) >= 11 is 0. The van der Waals surface area contributed by atoms with Crippen molar-refractivity contribution in [1.29, 1.82) is 0 Å². The van der Waals surface area contributed by atoms with Crippen LogP contribution in [0.25, 0.3) is 16.9 Å². The summed E-state index contributed by atoms with van der Waals surface area (Å²) in [4.78, 5) is 27.8. The number of allylic oxidation sites excluding steroid dienone is 1. The van der Waals surface area contributed by atoms with E-state index in [0.29, 0.717) is 39.7 Å². The van der Waals surface area contributed by atoms with Crippen LogP contribution < -0.4 is 15.6 Å². The van der Waals surface area contributed by atoms with Crippen molar-refractivity contribution in [2.45, 2.75) is 19.8 Å². The number of methoxy groups -OCH3 is 1. The van der Waals surface area contributed by atoms with Gasteiger partial charge in [0.1, 0.15) is 5.75 Å². The van der Waals surface area contributed by atoms with E-state index in [4.69, 9.17) is 9.47 Å². The summed E-state index contributed by atoms with van der Waals surface area (Å²) in [6.45, 7) is 3.86. The van der Waals surface area contributed by atoms with E-state index in [2.05, 4.69) is 5.32 Å². The van der Waals surface area contributed by atoms with Crippen LogP contribution in [0.3, 0.4) is 0 Å². The molecule has 0 saturated carbocycles. The first-order valence-corrected chi connectivity index (χ1v) is 12.2. The molecule has 6 nitrogen and oxygen atoms in total. The number of esters is 1. The lowest BCUT2D eigenvalue weighted by molar-refractivity contribution is -0.138. The van der Waals surface area contributed by atoms with Gasteiger partial charge in [0.05, 0.1) is 47.8 Å². The number of pyridine rings is 1. The van der Waals surface area contributed by atoms with Gasteiger partial charge >= 0.3 is 5.97 Å². The molecule has 1 N–H and O–H groups in total. The average Bonchev–Trinajstić information content (AvgIpc) is 2.93. The van der Waals surface area contributed by atoms with Gasteiger partial charge in [0, 0.05) is 5.70 Å². The molecule has 4 aromatic rings. The van der Waals surface area contributed by atoms with Crippen LogP contribution in [-0.4, -0.2) is 24.3 Å². The molecule has 1 atom stereocenters. The Morgan fingerprint density at radius 1 is 0.946 bits per heavy atom. The van der Waals surface area contributed by atoms with E-state index >= 15 is 0 Å². The highest BCUT2D eigenvalue weighted by Gasteiger charge is 2.36. The maximum Gasteiger partial charge on any atom is 0.336 e. The summed E-state index contributed by atoms with van der Waals surface area (Å²) < 4.78 is 12.8. The minimum Gasteiger partial charge on any atom is -0.495 e. The monoisotopic (exact) mass is 492 g/mol. The molecular formula is C31H28N2O4. The minimum absolute atomic E-state index is 0.238. The lowest BCUT2D eigenvalue weighted by Crippen LogP contribution is -2.33. The first-order valence-electron chi connectivity index (χ1n) is 12.2. The second-order valence-electron chi connectivity index (χ2n) is 8.76. The van der Waals surface area contributed by atoms with Crippen LogP contribution in [0.15, 0.2) is 107 Å². The number of fused-ring (bicyclic) bond motifs is 1. The van der Waals surface area contributed by atoms with Gasteiger partial charge in [0.15, 0.2) is 0 Å². The highest BCUT2D eigenvalue weighted by Crippen LogP contribution is 2.42. The third-order valence-corrected chi connectivity index (χ3v) is 6.57. The normalized spacial score (nSPS) is 14.5. The maximum absolute atomic E-state index is 14.6. The van der Waals surface area contributed by atoms with Crippen molar-refractivity contribution in [2.24, 2.45) is 0 Å². The molecule has 0 aliphatic carbocycles.